The zero-order valence-electron chi connectivity index (χ0n) is 45.1. The number of nitrogens with zero attached hydrogens (tertiary/aromatic N) is 5. The molecule has 2 atom stereocenters. The zero-order valence-corrected chi connectivity index (χ0v) is 45.9. The largest absolute Gasteiger partial charge is 0.476 e. The molecule has 21 heteroatoms. The normalized spacial score (nSPS) is 13.1. The molecule has 0 bridgehead atoms. The summed E-state index contributed by atoms with van der Waals surface area (Å²) in [6.07, 6.45) is 3.41. The van der Waals surface area contributed by atoms with E-state index >= 15 is 0 Å². The van der Waals surface area contributed by atoms with Crippen LogP contribution in [0.25, 0.3) is 22.5 Å². The minimum Gasteiger partial charge on any atom is -0.476 e. The van der Waals surface area contributed by atoms with Gasteiger partial charge in [0, 0.05) is 50.3 Å². The highest BCUT2D eigenvalue weighted by Gasteiger charge is 2.33. The number of nitrogens with one attached hydrogen (secondary N) is 1. The first-order valence-electron chi connectivity index (χ1n) is 24.1. The molecule has 6 N–H and O–H groups in total. The molecule has 0 aliphatic heterocycles. The number of carboxylic acids is 1. The molecule has 0 saturated carbocycles. The van der Waals surface area contributed by atoms with Crippen molar-refractivity contribution in [3.8, 4) is 22.5 Å². The first kappa shape index (κ1) is 62.0. The fourth-order valence-corrected chi connectivity index (χ4v) is 7.18. The molecule has 0 fully saturated rings. The van der Waals surface area contributed by atoms with Crippen LogP contribution in [0.4, 0.5) is 13.6 Å². The molecule has 5 heterocycles. The number of amides is 1. The lowest BCUT2D eigenvalue weighted by atomic mass is 9.87. The number of aromatic carboxylic acids is 1. The minimum absolute atomic E-state index is 0. The van der Waals surface area contributed by atoms with E-state index in [-0.39, 0.29) is 78.4 Å². The molecule has 77 heavy (non-hydrogen) atoms. The van der Waals surface area contributed by atoms with Crippen LogP contribution < -0.4 is 11.1 Å². The van der Waals surface area contributed by atoms with Crippen LogP contribution in [0.3, 0.4) is 0 Å². The lowest BCUT2D eigenvalue weighted by molar-refractivity contribution is 0.0393. The van der Waals surface area contributed by atoms with Gasteiger partial charge in [0.1, 0.15) is 58.6 Å². The van der Waals surface area contributed by atoms with Crippen LogP contribution in [0.5, 0.6) is 0 Å². The number of pyridine rings is 2. The number of alkyl carbamates (subject to hydrolysis) is 1. The smallest absolute Gasteiger partial charge is 0.408 e. The van der Waals surface area contributed by atoms with Crippen LogP contribution in [0, 0.1) is 32.4 Å². The molecular weight excluding hydrogens is 1020 g/mol. The summed E-state index contributed by atoms with van der Waals surface area (Å²) in [5, 5.41) is 33.7. The van der Waals surface area contributed by atoms with Crippen molar-refractivity contribution in [2.45, 2.75) is 137 Å². The highest BCUT2D eigenvalue weighted by atomic mass is 35.5. The van der Waals surface area contributed by atoms with Crippen molar-refractivity contribution in [1.29, 1.82) is 0 Å². The van der Waals surface area contributed by atoms with Gasteiger partial charge in [0.2, 0.25) is 0 Å². The molecular formula is C56H66ClF2N7O11. The highest BCUT2D eigenvalue weighted by Crippen LogP contribution is 2.34. The van der Waals surface area contributed by atoms with Gasteiger partial charge < -0.3 is 44.4 Å². The van der Waals surface area contributed by atoms with E-state index in [4.69, 9.17) is 24.4 Å². The Labute approximate surface area is 451 Å². The molecule has 1 amide bonds. The fourth-order valence-electron chi connectivity index (χ4n) is 7.18. The Morgan fingerprint density at radius 2 is 0.948 bits per heavy atom. The molecule has 0 radical (unpaired) electrons. The number of oxazole rings is 3. The number of aromatic nitrogens is 5. The molecule has 7 aromatic rings. The average molecular weight is 1090 g/mol. The number of hydrogen-bond acceptors (Lipinski definition) is 16. The molecule has 2 unspecified atom stereocenters. The molecule has 0 aliphatic rings. The van der Waals surface area contributed by atoms with E-state index < -0.39 is 39.9 Å². The number of Topliss-reactive ketones (excluding diaryl/α,β-unsaturated/α-hetero) is 2. The number of aliphatic hydroxyl groups is 2. The van der Waals surface area contributed by atoms with Gasteiger partial charge in [0.05, 0.1) is 28.3 Å². The topological polar surface area (TPSA) is 280 Å². The summed E-state index contributed by atoms with van der Waals surface area (Å²) in [6, 6.07) is 18.8. The van der Waals surface area contributed by atoms with Crippen molar-refractivity contribution >= 4 is 36.0 Å². The van der Waals surface area contributed by atoms with Gasteiger partial charge in [-0.15, -0.1) is 12.4 Å². The van der Waals surface area contributed by atoms with Crippen molar-refractivity contribution in [2.24, 2.45) is 5.73 Å². The van der Waals surface area contributed by atoms with Crippen LogP contribution in [-0.4, -0.2) is 69.5 Å². The Bertz CT molecular complexity index is 3150. The third kappa shape index (κ3) is 18.1. The summed E-state index contributed by atoms with van der Waals surface area (Å²) in [4.78, 5) is 68.4. The van der Waals surface area contributed by atoms with Crippen molar-refractivity contribution < 1.29 is 61.3 Å². The number of halogens is 3. The summed E-state index contributed by atoms with van der Waals surface area (Å²) < 4.78 is 47.2. The summed E-state index contributed by atoms with van der Waals surface area (Å²) in [7, 11) is 0. The molecule has 2 aromatic carbocycles. The number of carbonyl (C=O) groups is 4. The van der Waals surface area contributed by atoms with Crippen molar-refractivity contribution in [2.75, 3.05) is 0 Å². The second-order valence-electron chi connectivity index (χ2n) is 20.7. The van der Waals surface area contributed by atoms with Crippen molar-refractivity contribution in [3.05, 3.63) is 160 Å². The molecule has 18 nitrogen and oxygen atoms in total. The van der Waals surface area contributed by atoms with Crippen LogP contribution in [0.2, 0.25) is 0 Å². The Balaban J connectivity index is 0.000000286. The predicted molar refractivity (Wildman–Crippen MR) is 283 cm³/mol. The van der Waals surface area contributed by atoms with Crippen LogP contribution >= 0.6 is 12.4 Å². The number of ether oxygens (including phenoxy) is 1. The molecule has 0 aliphatic carbocycles. The number of ketones is 2. The molecule has 0 saturated heterocycles. The van der Waals surface area contributed by atoms with Gasteiger partial charge in [0.15, 0.2) is 34.9 Å². The lowest BCUT2D eigenvalue weighted by Crippen LogP contribution is -2.44. The van der Waals surface area contributed by atoms with Gasteiger partial charge in [-0.2, -0.15) is 0 Å². The van der Waals surface area contributed by atoms with Crippen molar-refractivity contribution in [3.63, 3.8) is 0 Å². The first-order valence-corrected chi connectivity index (χ1v) is 24.1. The second-order valence-corrected chi connectivity index (χ2v) is 20.7. The Morgan fingerprint density at radius 3 is 1.27 bits per heavy atom. The number of hydrogen-bond donors (Lipinski definition) is 5. The number of nitrogens with two attached hydrogens (primary N) is 1. The highest BCUT2D eigenvalue weighted by molar-refractivity contribution is 5.94. The molecule has 0 spiro atoms. The van der Waals surface area contributed by atoms with Gasteiger partial charge in [-0.05, 0) is 159 Å². The standard InChI is InChI=1S/C28H34FN3O5.C23H26FN3O3.C5H5NO3.ClH/c1-17-30-22(16-36-17)23(33)12-13-28(7,35)24-15-19(27(5,6)32-25(34)37-26(2,3)4)14-21(31-24)18-8-10-20(29)11-9-18;1-14-26-19(13-30-14)20(28)9-10-23(4,29)21-12-16(22(2,3)25)11-18(27-21)15-5-7-17(24)8-6-15;1-3-6-4(2-9-3)5(7)8;/h8-11,14-16,35H,12-13H2,1-7H3,(H,32,34);5-8,11-13,29H,9-10,25H2,1-4H3;2H,1H3,(H,7,8);1H. The van der Waals surface area contributed by atoms with E-state index in [1.807, 2.05) is 19.9 Å². The first-order chi connectivity index (χ1) is 35.2. The van der Waals surface area contributed by atoms with E-state index in [1.54, 1.807) is 112 Å². The summed E-state index contributed by atoms with van der Waals surface area (Å²) >= 11 is 0. The monoisotopic (exact) mass is 1090 g/mol. The number of carbonyl (C=O) groups excluding carboxylic acids is 3. The quantitative estimate of drug-likeness (QED) is 0.0562. The maximum absolute atomic E-state index is 13.6. The van der Waals surface area contributed by atoms with E-state index in [0.29, 0.717) is 57.1 Å². The minimum atomic E-state index is -1.50. The van der Waals surface area contributed by atoms with E-state index in [1.165, 1.54) is 36.8 Å². The summed E-state index contributed by atoms with van der Waals surface area (Å²) in [5.41, 5.74) is 6.00. The van der Waals surface area contributed by atoms with E-state index in [2.05, 4.69) is 34.7 Å². The third-order valence-corrected chi connectivity index (χ3v) is 11.6. The Morgan fingerprint density at radius 1 is 0.584 bits per heavy atom. The SMILES string of the molecule is Cc1nc(C(=O)CCC(C)(O)c2cc(C(C)(C)N)cc(-c3ccc(F)cc3)n2)co1.Cc1nc(C(=O)CCC(C)(O)c2cc(C(C)(C)NC(=O)OC(C)(C)C)cc(-c3ccc(F)cc3)n2)co1.Cc1nc(C(=O)O)co1.Cl. The van der Waals surface area contributed by atoms with Gasteiger partial charge in [-0.1, -0.05) is 0 Å². The molecule has 412 valence electrons. The average Bonchev–Trinajstić information content (AvgIpc) is 4.11. The van der Waals surface area contributed by atoms with Gasteiger partial charge in [0.25, 0.3) is 0 Å². The third-order valence-electron chi connectivity index (χ3n) is 11.6. The number of rotatable bonds is 16. The van der Waals surface area contributed by atoms with E-state index in [9.17, 15) is 38.2 Å². The number of aryl methyl sites for hydroxylation is 3. The number of benzene rings is 2. The maximum atomic E-state index is 13.6. The Kier molecular flexibility index (Phi) is 20.2. The Hall–Kier alpha value is -7.52. The van der Waals surface area contributed by atoms with Crippen LogP contribution in [0.15, 0.2) is 105 Å². The van der Waals surface area contributed by atoms with Gasteiger partial charge in [-0.3, -0.25) is 9.59 Å². The second kappa shape index (κ2) is 25.1. The summed E-state index contributed by atoms with van der Waals surface area (Å²) in [5.74, 6) is -1.12. The predicted octanol–water partition coefficient (Wildman–Crippen LogP) is 11.2. The summed E-state index contributed by atoms with van der Waals surface area (Å²) in [6.45, 7) is 20.7. The van der Waals surface area contributed by atoms with Crippen molar-refractivity contribution in [1.82, 2.24) is 30.2 Å². The maximum Gasteiger partial charge on any atom is 0.408 e. The van der Waals surface area contributed by atoms with Gasteiger partial charge >= 0.3 is 12.1 Å². The molecule has 5 aromatic heterocycles. The zero-order chi connectivity index (χ0) is 56.6. The fraction of sp³-hybridized carbons (Fsp3) is 0.375. The van der Waals surface area contributed by atoms with E-state index in [0.717, 1.165) is 11.8 Å². The lowest BCUT2D eigenvalue weighted by Gasteiger charge is -2.31. The van der Waals surface area contributed by atoms with Crippen LogP contribution in [-0.2, 0) is 27.0 Å². The molecule has 7 rings (SSSR count). The van der Waals surface area contributed by atoms with Crippen LogP contribution in [0.1, 0.15) is 160 Å². The van der Waals surface area contributed by atoms with Gasteiger partial charge in [-0.25, -0.2) is 43.3 Å². The number of carboxylic acid groups (broad SMARTS) is 1.